The molecule has 0 spiro atoms. The molecule has 0 aliphatic heterocycles. The molecule has 0 saturated heterocycles. The molecular formula is C27H26N4O4. The molecule has 0 saturated carbocycles. The van der Waals surface area contributed by atoms with Crippen LogP contribution >= 0.6 is 0 Å². The van der Waals surface area contributed by atoms with Gasteiger partial charge < -0.3 is 14.8 Å². The standard InChI is InChI=1S/C27H26N4O4/c1-19-7-3-6-10-23(19)30-26(32)13-14-27(33)31-29-17-20-11-12-24(25(15-20)34-2)35-18-22-9-5-4-8-21(22)16-28/h3-12,15,17H,13-14,18H2,1-2H3,(H,30,32)(H,31,33). The Morgan fingerprint density at radius 2 is 1.74 bits per heavy atom. The highest BCUT2D eigenvalue weighted by Gasteiger charge is 2.09. The molecule has 0 heterocycles. The van der Waals surface area contributed by atoms with Gasteiger partial charge in [-0.2, -0.15) is 10.4 Å². The van der Waals surface area contributed by atoms with E-state index in [0.29, 0.717) is 22.6 Å². The first-order valence-corrected chi connectivity index (χ1v) is 11.0. The molecule has 0 aromatic heterocycles. The summed E-state index contributed by atoms with van der Waals surface area (Å²) in [6, 6.07) is 22.0. The molecule has 0 aliphatic carbocycles. The SMILES string of the molecule is COc1cc(C=NNC(=O)CCC(=O)Nc2ccccc2C)ccc1OCc1ccccc1C#N. The fourth-order valence-electron chi connectivity index (χ4n) is 3.18. The zero-order valence-electron chi connectivity index (χ0n) is 19.6. The quantitative estimate of drug-likeness (QED) is 0.338. The minimum absolute atomic E-state index is 0.00925. The average Bonchev–Trinajstić information content (AvgIpc) is 2.88. The van der Waals surface area contributed by atoms with Crippen LogP contribution in [0.3, 0.4) is 0 Å². The molecule has 0 fully saturated rings. The Hall–Kier alpha value is -4.64. The van der Waals surface area contributed by atoms with Crippen LogP contribution in [0, 0.1) is 18.3 Å². The van der Waals surface area contributed by atoms with Crippen molar-refractivity contribution in [3.63, 3.8) is 0 Å². The van der Waals surface area contributed by atoms with Gasteiger partial charge in [0.15, 0.2) is 11.5 Å². The smallest absolute Gasteiger partial charge is 0.240 e. The van der Waals surface area contributed by atoms with Gasteiger partial charge in [-0.05, 0) is 48.4 Å². The fraction of sp³-hybridized carbons (Fsp3) is 0.185. The van der Waals surface area contributed by atoms with Crippen LogP contribution in [0.4, 0.5) is 5.69 Å². The van der Waals surface area contributed by atoms with E-state index in [9.17, 15) is 14.9 Å². The van der Waals surface area contributed by atoms with Crippen molar-refractivity contribution < 1.29 is 19.1 Å². The van der Waals surface area contributed by atoms with Crippen LogP contribution in [-0.2, 0) is 16.2 Å². The van der Waals surface area contributed by atoms with E-state index < -0.39 is 0 Å². The van der Waals surface area contributed by atoms with Gasteiger partial charge in [0.25, 0.3) is 0 Å². The molecule has 0 radical (unpaired) electrons. The number of aryl methyl sites for hydroxylation is 1. The Kier molecular flexibility index (Phi) is 8.97. The van der Waals surface area contributed by atoms with Gasteiger partial charge in [-0.25, -0.2) is 5.43 Å². The number of para-hydroxylation sites is 1. The molecule has 3 aromatic rings. The second-order valence-corrected chi connectivity index (χ2v) is 7.62. The lowest BCUT2D eigenvalue weighted by Gasteiger charge is -2.12. The zero-order valence-corrected chi connectivity index (χ0v) is 19.6. The largest absolute Gasteiger partial charge is 0.493 e. The predicted octanol–water partition coefficient (Wildman–Crippen LogP) is 4.32. The predicted molar refractivity (Wildman–Crippen MR) is 133 cm³/mol. The van der Waals surface area contributed by atoms with Crippen molar-refractivity contribution in [3.8, 4) is 17.6 Å². The number of carbonyl (C=O) groups is 2. The zero-order chi connectivity index (χ0) is 25.0. The first kappa shape index (κ1) is 25.0. The maximum Gasteiger partial charge on any atom is 0.240 e. The Bertz CT molecular complexity index is 1260. The van der Waals surface area contributed by atoms with Gasteiger partial charge in [-0.3, -0.25) is 9.59 Å². The van der Waals surface area contributed by atoms with E-state index in [0.717, 1.165) is 16.8 Å². The first-order valence-electron chi connectivity index (χ1n) is 11.0. The third-order valence-corrected chi connectivity index (χ3v) is 5.11. The summed E-state index contributed by atoms with van der Waals surface area (Å²) in [6.07, 6.45) is 1.53. The highest BCUT2D eigenvalue weighted by Crippen LogP contribution is 2.28. The van der Waals surface area contributed by atoms with Crippen molar-refractivity contribution in [1.82, 2.24) is 5.43 Å². The van der Waals surface area contributed by atoms with Crippen molar-refractivity contribution in [2.24, 2.45) is 5.10 Å². The molecule has 8 nitrogen and oxygen atoms in total. The van der Waals surface area contributed by atoms with Crippen LogP contribution in [0.5, 0.6) is 11.5 Å². The number of nitrogens with zero attached hydrogens (tertiary/aromatic N) is 2. The monoisotopic (exact) mass is 470 g/mol. The number of carbonyl (C=O) groups excluding carboxylic acids is 2. The number of hydrazone groups is 1. The van der Waals surface area contributed by atoms with Crippen LogP contribution in [0.2, 0.25) is 0 Å². The minimum atomic E-state index is -0.371. The number of ether oxygens (including phenoxy) is 2. The average molecular weight is 471 g/mol. The molecule has 2 amide bonds. The first-order chi connectivity index (χ1) is 17.0. The van der Waals surface area contributed by atoms with Crippen molar-refractivity contribution >= 4 is 23.7 Å². The van der Waals surface area contributed by atoms with Crippen molar-refractivity contribution in [1.29, 1.82) is 5.26 Å². The fourth-order valence-corrected chi connectivity index (χ4v) is 3.18. The molecule has 35 heavy (non-hydrogen) atoms. The Morgan fingerprint density at radius 1 is 1.00 bits per heavy atom. The summed E-state index contributed by atoms with van der Waals surface area (Å²) in [4.78, 5) is 24.1. The van der Waals surface area contributed by atoms with E-state index in [-0.39, 0.29) is 31.3 Å². The topological polar surface area (TPSA) is 113 Å². The maximum atomic E-state index is 12.1. The molecule has 0 bridgehead atoms. The van der Waals surface area contributed by atoms with Gasteiger partial charge in [0, 0.05) is 24.1 Å². The van der Waals surface area contributed by atoms with Crippen LogP contribution in [0.25, 0.3) is 0 Å². The third-order valence-electron chi connectivity index (χ3n) is 5.11. The molecule has 2 N–H and O–H groups in total. The van der Waals surface area contributed by atoms with Gasteiger partial charge in [-0.1, -0.05) is 36.4 Å². The van der Waals surface area contributed by atoms with E-state index in [1.54, 1.807) is 30.3 Å². The summed E-state index contributed by atoms with van der Waals surface area (Å²) in [5.74, 6) is 0.393. The summed E-state index contributed by atoms with van der Waals surface area (Å²) in [7, 11) is 1.52. The molecule has 0 atom stereocenters. The number of hydrogen-bond acceptors (Lipinski definition) is 6. The van der Waals surface area contributed by atoms with Crippen LogP contribution < -0.4 is 20.2 Å². The second-order valence-electron chi connectivity index (χ2n) is 7.62. The van der Waals surface area contributed by atoms with E-state index in [4.69, 9.17) is 9.47 Å². The highest BCUT2D eigenvalue weighted by molar-refractivity contribution is 5.94. The van der Waals surface area contributed by atoms with Crippen LogP contribution in [0.15, 0.2) is 71.8 Å². The van der Waals surface area contributed by atoms with E-state index in [2.05, 4.69) is 21.9 Å². The van der Waals surface area contributed by atoms with Gasteiger partial charge in [0.2, 0.25) is 11.8 Å². The molecule has 3 aromatic carbocycles. The van der Waals surface area contributed by atoms with E-state index in [1.807, 2.05) is 43.3 Å². The van der Waals surface area contributed by atoms with Gasteiger partial charge in [0.1, 0.15) is 6.61 Å². The Labute approximate surface area is 204 Å². The molecule has 0 unspecified atom stereocenters. The molecule has 178 valence electrons. The number of anilines is 1. The number of rotatable bonds is 10. The van der Waals surface area contributed by atoms with Crippen molar-refractivity contribution in [3.05, 3.63) is 89.0 Å². The van der Waals surface area contributed by atoms with E-state index >= 15 is 0 Å². The minimum Gasteiger partial charge on any atom is -0.493 e. The number of methoxy groups -OCH3 is 1. The number of nitriles is 1. The van der Waals surface area contributed by atoms with Crippen molar-refractivity contribution in [2.45, 2.75) is 26.4 Å². The molecule has 8 heteroatoms. The lowest BCUT2D eigenvalue weighted by atomic mass is 10.1. The molecule has 3 rings (SSSR count). The Balaban J connectivity index is 1.49. The lowest BCUT2D eigenvalue weighted by Crippen LogP contribution is -2.20. The summed E-state index contributed by atoms with van der Waals surface area (Å²) in [5, 5.41) is 16.0. The van der Waals surface area contributed by atoms with Crippen molar-refractivity contribution in [2.75, 3.05) is 12.4 Å². The number of nitrogens with one attached hydrogen (secondary N) is 2. The Morgan fingerprint density at radius 3 is 2.51 bits per heavy atom. The molecular weight excluding hydrogens is 444 g/mol. The third kappa shape index (κ3) is 7.44. The molecule has 0 aliphatic rings. The summed E-state index contributed by atoms with van der Waals surface area (Å²) in [5.41, 5.74) is 6.12. The van der Waals surface area contributed by atoms with Gasteiger partial charge in [0.05, 0.1) is 25.0 Å². The summed E-state index contributed by atoms with van der Waals surface area (Å²) < 4.78 is 11.2. The maximum absolute atomic E-state index is 12.1. The van der Waals surface area contributed by atoms with Crippen LogP contribution in [-0.4, -0.2) is 25.1 Å². The number of benzene rings is 3. The summed E-state index contributed by atoms with van der Waals surface area (Å²) in [6.45, 7) is 2.12. The van der Waals surface area contributed by atoms with E-state index in [1.165, 1.54) is 13.3 Å². The van der Waals surface area contributed by atoms with Gasteiger partial charge >= 0.3 is 0 Å². The summed E-state index contributed by atoms with van der Waals surface area (Å²) >= 11 is 0. The number of hydrogen-bond donors (Lipinski definition) is 2. The number of amides is 2. The highest BCUT2D eigenvalue weighted by atomic mass is 16.5. The normalized spacial score (nSPS) is 10.4. The van der Waals surface area contributed by atoms with Crippen LogP contribution in [0.1, 0.15) is 35.1 Å². The van der Waals surface area contributed by atoms with Gasteiger partial charge in [-0.15, -0.1) is 0 Å². The second kappa shape index (κ2) is 12.6. The lowest BCUT2D eigenvalue weighted by molar-refractivity contribution is -0.124.